The molecule has 0 fully saturated rings. The van der Waals surface area contributed by atoms with Crippen LogP contribution in [0.3, 0.4) is 0 Å². The van der Waals surface area contributed by atoms with Crippen LogP contribution in [0.5, 0.6) is 5.75 Å². The van der Waals surface area contributed by atoms with Gasteiger partial charge in [0.1, 0.15) is 12.4 Å². The molecule has 4 rings (SSSR count). The van der Waals surface area contributed by atoms with E-state index < -0.39 is 0 Å². The predicted octanol–water partition coefficient (Wildman–Crippen LogP) is 2.13. The minimum absolute atomic E-state index is 0.0429. The van der Waals surface area contributed by atoms with Crippen molar-refractivity contribution in [2.75, 3.05) is 27.2 Å². The van der Waals surface area contributed by atoms with E-state index in [1.807, 2.05) is 62.6 Å². The number of nitrogens with zero attached hydrogens (tertiary/aromatic N) is 5. The van der Waals surface area contributed by atoms with Crippen molar-refractivity contribution in [3.8, 4) is 5.75 Å². The summed E-state index contributed by atoms with van der Waals surface area (Å²) >= 11 is 0. The van der Waals surface area contributed by atoms with Gasteiger partial charge in [-0.2, -0.15) is 5.10 Å². The number of hydrogen-bond acceptors (Lipinski definition) is 5. The highest BCUT2D eigenvalue weighted by molar-refractivity contribution is 5.97. The molecule has 1 aliphatic rings. The van der Waals surface area contributed by atoms with Crippen molar-refractivity contribution in [2.45, 2.75) is 20.0 Å². The minimum Gasteiger partial charge on any atom is -0.491 e. The van der Waals surface area contributed by atoms with Crippen LogP contribution in [0.1, 0.15) is 27.2 Å². The summed E-state index contributed by atoms with van der Waals surface area (Å²) in [4.78, 5) is 21.4. The highest BCUT2D eigenvalue weighted by Gasteiger charge is 2.30. The van der Waals surface area contributed by atoms with E-state index in [0.717, 1.165) is 29.0 Å². The van der Waals surface area contributed by atoms with E-state index >= 15 is 0 Å². The van der Waals surface area contributed by atoms with Crippen LogP contribution in [0, 0.1) is 6.92 Å². The average Bonchev–Trinajstić information content (AvgIpc) is 3.18. The smallest absolute Gasteiger partial charge is 0.258 e. The summed E-state index contributed by atoms with van der Waals surface area (Å²) < 4.78 is 7.66. The Bertz CT molecular complexity index is 995. The number of likely N-dealkylation sites (N-methyl/N-ethyl adjacent to an activating group) is 1. The number of amides is 1. The van der Waals surface area contributed by atoms with Crippen molar-refractivity contribution in [3.05, 3.63) is 59.0 Å². The molecule has 1 aromatic carbocycles. The molecule has 3 heterocycles. The third-order valence-electron chi connectivity index (χ3n) is 4.67. The van der Waals surface area contributed by atoms with E-state index in [-0.39, 0.29) is 5.91 Å². The molecule has 0 radical (unpaired) electrons. The van der Waals surface area contributed by atoms with Gasteiger partial charge in [0.05, 0.1) is 24.3 Å². The Morgan fingerprint density at radius 3 is 2.89 bits per heavy atom. The summed E-state index contributed by atoms with van der Waals surface area (Å²) in [6, 6.07) is 7.42. The first-order chi connectivity index (χ1) is 13.0. The van der Waals surface area contributed by atoms with Gasteiger partial charge in [-0.05, 0) is 38.7 Å². The second-order valence-electron chi connectivity index (χ2n) is 7.13. The van der Waals surface area contributed by atoms with Crippen molar-refractivity contribution in [1.82, 2.24) is 24.4 Å². The average molecular weight is 365 g/mol. The van der Waals surface area contributed by atoms with E-state index in [1.54, 1.807) is 9.42 Å². The number of carbonyl (C=O) groups excluding carboxylic acids is 1. The normalized spacial score (nSPS) is 13.4. The molecular formula is C20H23N5O2. The van der Waals surface area contributed by atoms with E-state index in [4.69, 9.17) is 4.74 Å². The molecule has 0 atom stereocenters. The number of ether oxygens (including phenoxy) is 1. The molecule has 7 heteroatoms. The molecule has 1 aliphatic heterocycles. The predicted molar refractivity (Wildman–Crippen MR) is 102 cm³/mol. The van der Waals surface area contributed by atoms with Gasteiger partial charge in [0.25, 0.3) is 5.91 Å². The second-order valence-corrected chi connectivity index (χ2v) is 7.13. The minimum atomic E-state index is -0.0429. The van der Waals surface area contributed by atoms with Crippen molar-refractivity contribution in [3.63, 3.8) is 0 Å². The molecule has 2 aromatic heterocycles. The molecule has 0 spiro atoms. The molecule has 0 N–H and O–H groups in total. The van der Waals surface area contributed by atoms with Crippen molar-refractivity contribution in [2.24, 2.45) is 0 Å². The number of benzene rings is 1. The van der Waals surface area contributed by atoms with Gasteiger partial charge in [-0.15, -0.1) is 0 Å². The summed E-state index contributed by atoms with van der Waals surface area (Å²) in [5.74, 6) is 0.579. The van der Waals surface area contributed by atoms with Crippen molar-refractivity contribution < 1.29 is 9.53 Å². The van der Waals surface area contributed by atoms with E-state index in [1.165, 1.54) is 0 Å². The van der Waals surface area contributed by atoms with E-state index in [0.29, 0.717) is 31.0 Å². The Kier molecular flexibility index (Phi) is 4.53. The number of aromatic nitrogens is 3. The van der Waals surface area contributed by atoms with Crippen molar-refractivity contribution in [1.29, 1.82) is 0 Å². The number of carbonyl (C=O) groups is 1. The Labute approximate surface area is 158 Å². The summed E-state index contributed by atoms with van der Waals surface area (Å²) in [5.41, 5.74) is 4.39. The van der Waals surface area contributed by atoms with Gasteiger partial charge in [0.2, 0.25) is 0 Å². The molecule has 0 unspecified atom stereocenters. The molecule has 0 saturated heterocycles. The third-order valence-corrected chi connectivity index (χ3v) is 4.67. The zero-order chi connectivity index (χ0) is 19.0. The fraction of sp³-hybridized carbons (Fsp3) is 0.350. The lowest BCUT2D eigenvalue weighted by molar-refractivity contribution is 0.0745. The lowest BCUT2D eigenvalue weighted by Gasteiger charge is -2.19. The maximum absolute atomic E-state index is 13.1. The van der Waals surface area contributed by atoms with Crippen LogP contribution in [-0.2, 0) is 13.1 Å². The molecule has 140 valence electrons. The first-order valence-corrected chi connectivity index (χ1v) is 9.01. The summed E-state index contributed by atoms with van der Waals surface area (Å²) in [6.45, 7) is 4.32. The summed E-state index contributed by atoms with van der Waals surface area (Å²) in [6.07, 6.45) is 3.79. The summed E-state index contributed by atoms with van der Waals surface area (Å²) in [5, 5.41) is 4.60. The zero-order valence-electron chi connectivity index (χ0n) is 15.8. The molecule has 0 bridgehead atoms. The molecule has 0 saturated carbocycles. The standard InChI is InChI=1S/C20H23N5O2/c1-14-10-21-19-16-12-24(13-17(16)22-25(19)11-14)20(26)15-6-4-5-7-18(15)27-9-8-23(2)3/h4-7,10-11H,8-9,12-13H2,1-3H3. The Hall–Kier alpha value is -2.93. The highest BCUT2D eigenvalue weighted by atomic mass is 16.5. The SMILES string of the molecule is Cc1cnc2c3c(nn2c1)CN(C(=O)c1ccccc1OCCN(C)C)C3. The molecule has 7 nitrogen and oxygen atoms in total. The summed E-state index contributed by atoms with van der Waals surface area (Å²) in [7, 11) is 3.99. The van der Waals surface area contributed by atoms with Crippen LogP contribution in [0.25, 0.3) is 5.65 Å². The fourth-order valence-corrected chi connectivity index (χ4v) is 3.26. The second kappa shape index (κ2) is 7.00. The van der Waals surface area contributed by atoms with Gasteiger partial charge in [0.15, 0.2) is 5.65 Å². The van der Waals surface area contributed by atoms with Gasteiger partial charge in [-0.25, -0.2) is 9.50 Å². The molecular weight excluding hydrogens is 342 g/mol. The quantitative estimate of drug-likeness (QED) is 0.693. The number of aryl methyl sites for hydroxylation is 1. The van der Waals surface area contributed by atoms with Crippen LogP contribution in [0.15, 0.2) is 36.7 Å². The highest BCUT2D eigenvalue weighted by Crippen LogP contribution is 2.29. The molecule has 3 aromatic rings. The lowest BCUT2D eigenvalue weighted by atomic mass is 10.1. The van der Waals surface area contributed by atoms with Crippen LogP contribution in [0.2, 0.25) is 0 Å². The Morgan fingerprint density at radius 1 is 1.26 bits per heavy atom. The largest absolute Gasteiger partial charge is 0.491 e. The first kappa shape index (κ1) is 17.5. The Balaban J connectivity index is 1.54. The van der Waals surface area contributed by atoms with Gasteiger partial charge in [-0.3, -0.25) is 4.79 Å². The maximum atomic E-state index is 13.1. The van der Waals surface area contributed by atoms with Crippen LogP contribution in [-0.4, -0.2) is 57.6 Å². The van der Waals surface area contributed by atoms with Crippen molar-refractivity contribution >= 4 is 11.6 Å². The monoisotopic (exact) mass is 365 g/mol. The van der Waals surface area contributed by atoms with Gasteiger partial charge < -0.3 is 14.5 Å². The third kappa shape index (κ3) is 3.38. The maximum Gasteiger partial charge on any atom is 0.258 e. The van der Waals surface area contributed by atoms with Crippen LogP contribution in [0.4, 0.5) is 0 Å². The zero-order valence-corrected chi connectivity index (χ0v) is 15.8. The Morgan fingerprint density at radius 2 is 2.07 bits per heavy atom. The molecule has 27 heavy (non-hydrogen) atoms. The van der Waals surface area contributed by atoms with Gasteiger partial charge >= 0.3 is 0 Å². The van der Waals surface area contributed by atoms with Gasteiger partial charge in [-0.1, -0.05) is 12.1 Å². The number of para-hydroxylation sites is 1. The first-order valence-electron chi connectivity index (χ1n) is 9.01. The number of fused-ring (bicyclic) bond motifs is 3. The molecule has 0 aliphatic carbocycles. The number of hydrogen-bond donors (Lipinski definition) is 0. The van der Waals surface area contributed by atoms with Gasteiger partial charge in [0, 0.05) is 24.5 Å². The number of rotatable bonds is 5. The fourth-order valence-electron chi connectivity index (χ4n) is 3.26. The van der Waals surface area contributed by atoms with Crippen LogP contribution >= 0.6 is 0 Å². The molecule has 1 amide bonds. The topological polar surface area (TPSA) is 63.0 Å². The van der Waals surface area contributed by atoms with Crippen LogP contribution < -0.4 is 4.74 Å². The van der Waals surface area contributed by atoms with E-state index in [2.05, 4.69) is 10.1 Å². The lowest BCUT2D eigenvalue weighted by Crippen LogP contribution is -2.27. The van der Waals surface area contributed by atoms with E-state index in [9.17, 15) is 4.79 Å².